The topological polar surface area (TPSA) is 46.6 Å². The molecule has 1 saturated carbocycles. The summed E-state index contributed by atoms with van der Waals surface area (Å²) in [7, 11) is -1.90. The third-order valence-electron chi connectivity index (χ3n) is 4.61. The molecule has 2 aromatic carbocycles. The summed E-state index contributed by atoms with van der Waals surface area (Å²) in [6, 6.07) is 16.3. The number of benzene rings is 2. The van der Waals surface area contributed by atoms with Gasteiger partial charge in [-0.1, -0.05) is 30.3 Å². The molecular formula is C19H23NO3S. The Labute approximate surface area is 144 Å². The van der Waals surface area contributed by atoms with Crippen LogP contribution in [0.25, 0.3) is 0 Å². The summed E-state index contributed by atoms with van der Waals surface area (Å²) in [5.41, 5.74) is 0.961. The molecule has 0 heterocycles. The lowest BCUT2D eigenvalue weighted by atomic mass is 10.1. The summed E-state index contributed by atoms with van der Waals surface area (Å²) in [5.74, 6) is 1.23. The Morgan fingerprint density at radius 2 is 1.71 bits per heavy atom. The van der Waals surface area contributed by atoms with Gasteiger partial charge in [-0.05, 0) is 55.5 Å². The minimum Gasteiger partial charge on any atom is -0.497 e. The summed E-state index contributed by atoms with van der Waals surface area (Å²) in [6.45, 7) is 2.39. The maximum atomic E-state index is 13.1. The quantitative estimate of drug-likeness (QED) is 0.769. The van der Waals surface area contributed by atoms with E-state index in [0.717, 1.165) is 24.2 Å². The second-order valence-electron chi connectivity index (χ2n) is 6.29. The lowest BCUT2D eigenvalue weighted by Crippen LogP contribution is -2.39. The van der Waals surface area contributed by atoms with E-state index in [9.17, 15) is 8.42 Å². The number of nitrogens with zero attached hydrogens (tertiary/aromatic N) is 1. The van der Waals surface area contributed by atoms with Gasteiger partial charge in [-0.25, -0.2) is 8.42 Å². The van der Waals surface area contributed by atoms with Gasteiger partial charge in [-0.3, -0.25) is 0 Å². The van der Waals surface area contributed by atoms with E-state index in [1.165, 1.54) is 0 Å². The van der Waals surface area contributed by atoms with Gasteiger partial charge in [0.05, 0.1) is 12.0 Å². The number of hydrogen-bond donors (Lipinski definition) is 0. The Kier molecular flexibility index (Phi) is 4.92. The average molecular weight is 345 g/mol. The van der Waals surface area contributed by atoms with E-state index in [1.807, 2.05) is 37.3 Å². The van der Waals surface area contributed by atoms with Gasteiger partial charge in [0.15, 0.2) is 0 Å². The van der Waals surface area contributed by atoms with Crippen LogP contribution < -0.4 is 4.74 Å². The Bertz CT molecular complexity index is 768. The Hall–Kier alpha value is -1.85. The summed E-state index contributed by atoms with van der Waals surface area (Å²) in [6.07, 6.45) is 2.20. The van der Waals surface area contributed by atoms with E-state index >= 15 is 0 Å². The van der Waals surface area contributed by atoms with E-state index in [-0.39, 0.29) is 6.04 Å². The van der Waals surface area contributed by atoms with E-state index < -0.39 is 10.0 Å². The zero-order valence-electron chi connectivity index (χ0n) is 14.1. The number of hydrogen-bond acceptors (Lipinski definition) is 3. The molecule has 1 aliphatic carbocycles. The monoisotopic (exact) mass is 345 g/mol. The largest absolute Gasteiger partial charge is 0.497 e. The summed E-state index contributed by atoms with van der Waals surface area (Å²) >= 11 is 0. The molecule has 0 amide bonds. The molecule has 128 valence electrons. The van der Waals surface area contributed by atoms with E-state index in [2.05, 4.69) is 0 Å². The fourth-order valence-corrected chi connectivity index (χ4v) is 4.60. The van der Waals surface area contributed by atoms with Gasteiger partial charge in [0.1, 0.15) is 5.75 Å². The predicted molar refractivity (Wildman–Crippen MR) is 94.4 cm³/mol. The SMILES string of the molecule is COc1ccc(CN(C(C)C2CC2)S(=O)(=O)c2ccccc2)cc1. The van der Waals surface area contributed by atoms with Crippen molar-refractivity contribution < 1.29 is 13.2 Å². The van der Waals surface area contributed by atoms with Crippen LogP contribution >= 0.6 is 0 Å². The van der Waals surface area contributed by atoms with Crippen molar-refractivity contribution in [3.05, 3.63) is 60.2 Å². The van der Waals surface area contributed by atoms with Crippen molar-refractivity contribution in [3.63, 3.8) is 0 Å². The molecule has 0 aromatic heterocycles. The van der Waals surface area contributed by atoms with Crippen molar-refractivity contribution in [1.29, 1.82) is 0 Å². The van der Waals surface area contributed by atoms with Crippen LogP contribution in [-0.2, 0) is 16.6 Å². The first-order chi connectivity index (χ1) is 11.5. The zero-order chi connectivity index (χ0) is 17.2. The first kappa shape index (κ1) is 17.0. The zero-order valence-corrected chi connectivity index (χ0v) is 14.9. The number of rotatable bonds is 7. The van der Waals surface area contributed by atoms with Crippen molar-refractivity contribution in [1.82, 2.24) is 4.31 Å². The second kappa shape index (κ2) is 6.95. The lowest BCUT2D eigenvalue weighted by Gasteiger charge is -2.28. The molecule has 1 fully saturated rings. The molecular weight excluding hydrogens is 322 g/mol. The smallest absolute Gasteiger partial charge is 0.243 e. The maximum absolute atomic E-state index is 13.1. The van der Waals surface area contributed by atoms with Crippen molar-refractivity contribution in [2.45, 2.75) is 37.2 Å². The van der Waals surface area contributed by atoms with Crippen LogP contribution in [0.15, 0.2) is 59.5 Å². The molecule has 0 radical (unpaired) electrons. The standard InChI is InChI=1S/C19H23NO3S/c1-15(17-10-11-17)20(14-16-8-12-18(23-2)13-9-16)24(21,22)19-6-4-3-5-7-19/h3-9,12-13,15,17H,10-11,14H2,1-2H3. The Morgan fingerprint density at radius 3 is 2.25 bits per heavy atom. The third kappa shape index (κ3) is 3.62. The molecule has 0 bridgehead atoms. The molecule has 0 saturated heterocycles. The van der Waals surface area contributed by atoms with Gasteiger partial charge in [0, 0.05) is 12.6 Å². The van der Waals surface area contributed by atoms with Crippen molar-refractivity contribution in [2.24, 2.45) is 5.92 Å². The van der Waals surface area contributed by atoms with E-state index in [0.29, 0.717) is 17.4 Å². The molecule has 3 rings (SSSR count). The second-order valence-corrected chi connectivity index (χ2v) is 8.18. The molecule has 1 atom stereocenters. The third-order valence-corrected chi connectivity index (χ3v) is 6.55. The number of sulfonamides is 1. The van der Waals surface area contributed by atoms with Gasteiger partial charge < -0.3 is 4.74 Å². The van der Waals surface area contributed by atoms with Crippen molar-refractivity contribution >= 4 is 10.0 Å². The van der Waals surface area contributed by atoms with Crippen LogP contribution in [0, 0.1) is 5.92 Å². The first-order valence-corrected chi connectivity index (χ1v) is 9.66. The highest BCUT2D eigenvalue weighted by Crippen LogP contribution is 2.37. The highest BCUT2D eigenvalue weighted by atomic mass is 32.2. The molecule has 1 aliphatic rings. The average Bonchev–Trinajstić information content (AvgIpc) is 3.45. The van der Waals surface area contributed by atoms with E-state index in [4.69, 9.17) is 4.74 Å². The van der Waals surface area contributed by atoms with Crippen LogP contribution in [-0.4, -0.2) is 25.9 Å². The van der Waals surface area contributed by atoms with Crippen LogP contribution in [0.4, 0.5) is 0 Å². The van der Waals surface area contributed by atoms with Crippen molar-refractivity contribution in [2.75, 3.05) is 7.11 Å². The Balaban J connectivity index is 1.91. The van der Waals surface area contributed by atoms with Crippen LogP contribution in [0.1, 0.15) is 25.3 Å². The molecule has 0 N–H and O–H groups in total. The van der Waals surface area contributed by atoms with Crippen molar-refractivity contribution in [3.8, 4) is 5.75 Å². The van der Waals surface area contributed by atoms with Gasteiger partial charge >= 0.3 is 0 Å². The summed E-state index contributed by atoms with van der Waals surface area (Å²) in [5, 5.41) is 0. The van der Waals surface area contributed by atoms with Gasteiger partial charge in [0.25, 0.3) is 0 Å². The fourth-order valence-electron chi connectivity index (χ4n) is 2.90. The number of ether oxygens (including phenoxy) is 1. The predicted octanol–water partition coefficient (Wildman–Crippen LogP) is 3.68. The van der Waals surface area contributed by atoms with Gasteiger partial charge in [-0.2, -0.15) is 4.31 Å². The molecule has 0 spiro atoms. The van der Waals surface area contributed by atoms with Crippen LogP contribution in [0.2, 0.25) is 0 Å². The van der Waals surface area contributed by atoms with E-state index in [1.54, 1.807) is 35.7 Å². The van der Waals surface area contributed by atoms with Gasteiger partial charge in [-0.15, -0.1) is 0 Å². The molecule has 5 heteroatoms. The highest BCUT2D eigenvalue weighted by molar-refractivity contribution is 7.89. The molecule has 24 heavy (non-hydrogen) atoms. The molecule has 2 aromatic rings. The summed E-state index contributed by atoms with van der Waals surface area (Å²) < 4.78 is 33.1. The highest BCUT2D eigenvalue weighted by Gasteiger charge is 2.38. The molecule has 1 unspecified atom stereocenters. The molecule has 4 nitrogen and oxygen atoms in total. The maximum Gasteiger partial charge on any atom is 0.243 e. The minimum absolute atomic E-state index is 0.00249. The lowest BCUT2D eigenvalue weighted by molar-refractivity contribution is 0.303. The van der Waals surface area contributed by atoms with Crippen LogP contribution in [0.5, 0.6) is 5.75 Å². The first-order valence-electron chi connectivity index (χ1n) is 8.22. The fraction of sp³-hybridized carbons (Fsp3) is 0.368. The Morgan fingerprint density at radius 1 is 1.08 bits per heavy atom. The molecule has 0 aliphatic heterocycles. The summed E-state index contributed by atoms with van der Waals surface area (Å²) in [4.78, 5) is 0.353. The normalized spacial score (nSPS) is 16.1. The van der Waals surface area contributed by atoms with Crippen LogP contribution in [0.3, 0.4) is 0 Å². The number of methoxy groups -OCH3 is 1. The van der Waals surface area contributed by atoms with Gasteiger partial charge in [0.2, 0.25) is 10.0 Å². The minimum atomic E-state index is -3.52.